The van der Waals surface area contributed by atoms with Gasteiger partial charge < -0.3 is 9.32 Å². The van der Waals surface area contributed by atoms with E-state index in [1.807, 2.05) is 17.9 Å². The van der Waals surface area contributed by atoms with E-state index in [0.29, 0.717) is 23.3 Å². The summed E-state index contributed by atoms with van der Waals surface area (Å²) in [5.74, 6) is 1.20. The standard InChI is InChI=1S/C18H22N2O2/c1-12-16(22-13(2)19-12)17(21)20-10-15(18(3,4)11-20)14-8-6-5-7-9-14/h5-9,15H,10-11H2,1-4H3/t15-/m0/s1. The molecule has 3 rings (SSSR count). The first-order valence-electron chi connectivity index (χ1n) is 7.67. The van der Waals surface area contributed by atoms with E-state index in [9.17, 15) is 4.79 Å². The van der Waals surface area contributed by atoms with Crippen molar-refractivity contribution >= 4 is 5.91 Å². The lowest BCUT2D eigenvalue weighted by Gasteiger charge is -2.25. The van der Waals surface area contributed by atoms with Gasteiger partial charge in [0.05, 0.1) is 5.69 Å². The van der Waals surface area contributed by atoms with Gasteiger partial charge in [-0.3, -0.25) is 4.79 Å². The lowest BCUT2D eigenvalue weighted by molar-refractivity contribution is 0.0744. The summed E-state index contributed by atoms with van der Waals surface area (Å²) >= 11 is 0. The van der Waals surface area contributed by atoms with Crippen molar-refractivity contribution in [3.63, 3.8) is 0 Å². The molecule has 4 nitrogen and oxygen atoms in total. The molecular weight excluding hydrogens is 276 g/mol. The molecule has 1 fully saturated rings. The van der Waals surface area contributed by atoms with E-state index in [1.54, 1.807) is 6.92 Å². The van der Waals surface area contributed by atoms with Crippen LogP contribution < -0.4 is 0 Å². The van der Waals surface area contributed by atoms with E-state index in [4.69, 9.17) is 4.42 Å². The van der Waals surface area contributed by atoms with Gasteiger partial charge in [0.15, 0.2) is 5.89 Å². The first kappa shape index (κ1) is 14.8. The Bertz CT molecular complexity index is 688. The Balaban J connectivity index is 1.86. The van der Waals surface area contributed by atoms with Gasteiger partial charge in [-0.05, 0) is 17.9 Å². The van der Waals surface area contributed by atoms with Gasteiger partial charge in [-0.15, -0.1) is 0 Å². The van der Waals surface area contributed by atoms with Gasteiger partial charge in [0.2, 0.25) is 5.76 Å². The summed E-state index contributed by atoms with van der Waals surface area (Å²) in [5.41, 5.74) is 2.00. The number of benzene rings is 1. The number of oxazole rings is 1. The van der Waals surface area contributed by atoms with E-state index in [0.717, 1.165) is 13.1 Å². The van der Waals surface area contributed by atoms with Crippen LogP contribution in [0.25, 0.3) is 0 Å². The molecule has 1 aliphatic heterocycles. The minimum Gasteiger partial charge on any atom is -0.436 e. The highest BCUT2D eigenvalue weighted by atomic mass is 16.4. The molecule has 1 amide bonds. The predicted molar refractivity (Wildman–Crippen MR) is 84.8 cm³/mol. The largest absolute Gasteiger partial charge is 0.436 e. The number of amides is 1. The molecule has 0 radical (unpaired) electrons. The number of hydrogen-bond acceptors (Lipinski definition) is 3. The van der Waals surface area contributed by atoms with Crippen LogP contribution in [0.1, 0.15) is 47.5 Å². The quantitative estimate of drug-likeness (QED) is 0.851. The van der Waals surface area contributed by atoms with Crippen LogP contribution in [-0.2, 0) is 0 Å². The molecule has 1 aliphatic rings. The maximum absolute atomic E-state index is 12.7. The van der Waals surface area contributed by atoms with E-state index in [1.165, 1.54) is 5.56 Å². The Morgan fingerprint density at radius 3 is 2.55 bits per heavy atom. The van der Waals surface area contributed by atoms with Crippen LogP contribution in [0.2, 0.25) is 0 Å². The van der Waals surface area contributed by atoms with E-state index in [2.05, 4.69) is 43.1 Å². The molecule has 0 aliphatic carbocycles. The fourth-order valence-electron chi connectivity index (χ4n) is 3.40. The summed E-state index contributed by atoms with van der Waals surface area (Å²) in [4.78, 5) is 18.8. The smallest absolute Gasteiger partial charge is 0.291 e. The highest BCUT2D eigenvalue weighted by Crippen LogP contribution is 2.42. The maximum atomic E-state index is 12.7. The van der Waals surface area contributed by atoms with Crippen LogP contribution in [0.4, 0.5) is 0 Å². The molecule has 2 aromatic rings. The fourth-order valence-corrected chi connectivity index (χ4v) is 3.40. The number of aryl methyl sites for hydroxylation is 2. The summed E-state index contributed by atoms with van der Waals surface area (Å²) in [5, 5.41) is 0. The SMILES string of the molecule is Cc1nc(C)c(C(=O)N2C[C@@H](c3ccccc3)C(C)(C)C2)o1. The van der Waals surface area contributed by atoms with Gasteiger partial charge >= 0.3 is 0 Å². The molecule has 0 unspecified atom stereocenters. The zero-order valence-corrected chi connectivity index (χ0v) is 13.6. The summed E-state index contributed by atoms with van der Waals surface area (Å²) in [6, 6.07) is 10.4. The molecule has 1 aromatic carbocycles. The summed E-state index contributed by atoms with van der Waals surface area (Å²) in [6.07, 6.45) is 0. The lowest BCUT2D eigenvalue weighted by Crippen LogP contribution is -2.30. The van der Waals surface area contributed by atoms with Crippen LogP contribution in [0, 0.1) is 19.3 Å². The molecule has 0 bridgehead atoms. The average Bonchev–Trinajstić information content (AvgIpc) is 2.98. The lowest BCUT2D eigenvalue weighted by atomic mass is 9.78. The normalized spacial score (nSPS) is 20.4. The monoisotopic (exact) mass is 298 g/mol. The zero-order chi connectivity index (χ0) is 15.9. The third-order valence-electron chi connectivity index (χ3n) is 4.53. The van der Waals surface area contributed by atoms with Crippen molar-refractivity contribution in [2.45, 2.75) is 33.6 Å². The second-order valence-corrected chi connectivity index (χ2v) is 6.78. The Morgan fingerprint density at radius 1 is 1.27 bits per heavy atom. The van der Waals surface area contributed by atoms with Gasteiger partial charge in [0.1, 0.15) is 0 Å². The van der Waals surface area contributed by atoms with Crippen molar-refractivity contribution in [2.75, 3.05) is 13.1 Å². The third kappa shape index (κ3) is 2.54. The highest BCUT2D eigenvalue weighted by molar-refractivity contribution is 5.92. The van der Waals surface area contributed by atoms with Crippen LogP contribution in [0.3, 0.4) is 0 Å². The van der Waals surface area contributed by atoms with E-state index >= 15 is 0 Å². The molecule has 0 spiro atoms. The molecule has 0 N–H and O–H groups in total. The average molecular weight is 298 g/mol. The number of hydrogen-bond donors (Lipinski definition) is 0. The predicted octanol–water partition coefficient (Wildman–Crippen LogP) is 3.56. The number of nitrogens with zero attached hydrogens (tertiary/aromatic N) is 2. The molecule has 4 heteroatoms. The van der Waals surface area contributed by atoms with Crippen molar-refractivity contribution < 1.29 is 9.21 Å². The van der Waals surface area contributed by atoms with Gasteiger partial charge in [-0.2, -0.15) is 0 Å². The minimum atomic E-state index is -0.0513. The van der Waals surface area contributed by atoms with Crippen molar-refractivity contribution in [2.24, 2.45) is 5.41 Å². The van der Waals surface area contributed by atoms with Crippen LogP contribution in [-0.4, -0.2) is 28.9 Å². The molecular formula is C18H22N2O2. The Morgan fingerprint density at radius 2 is 1.95 bits per heavy atom. The first-order chi connectivity index (χ1) is 10.4. The fraction of sp³-hybridized carbons (Fsp3) is 0.444. The molecule has 1 saturated heterocycles. The number of carbonyl (C=O) groups excluding carboxylic acids is 1. The second-order valence-electron chi connectivity index (χ2n) is 6.78. The van der Waals surface area contributed by atoms with Crippen molar-refractivity contribution in [3.05, 3.63) is 53.2 Å². The summed E-state index contributed by atoms with van der Waals surface area (Å²) in [6.45, 7) is 9.47. The van der Waals surface area contributed by atoms with Crippen LogP contribution in [0.5, 0.6) is 0 Å². The number of rotatable bonds is 2. The zero-order valence-electron chi connectivity index (χ0n) is 13.6. The minimum absolute atomic E-state index is 0.0417. The number of likely N-dealkylation sites (tertiary alicyclic amines) is 1. The molecule has 1 aromatic heterocycles. The topological polar surface area (TPSA) is 46.3 Å². The first-order valence-corrected chi connectivity index (χ1v) is 7.67. The summed E-state index contributed by atoms with van der Waals surface area (Å²) < 4.78 is 5.50. The van der Waals surface area contributed by atoms with Crippen molar-refractivity contribution in [1.82, 2.24) is 9.88 Å². The second kappa shape index (κ2) is 5.27. The molecule has 116 valence electrons. The van der Waals surface area contributed by atoms with Crippen molar-refractivity contribution in [1.29, 1.82) is 0 Å². The highest BCUT2D eigenvalue weighted by Gasteiger charge is 2.43. The van der Waals surface area contributed by atoms with E-state index in [-0.39, 0.29) is 11.3 Å². The molecule has 2 heterocycles. The molecule has 1 atom stereocenters. The Hall–Kier alpha value is -2.10. The number of carbonyl (C=O) groups is 1. The van der Waals surface area contributed by atoms with Crippen LogP contribution >= 0.6 is 0 Å². The van der Waals surface area contributed by atoms with Gasteiger partial charge in [-0.1, -0.05) is 44.2 Å². The van der Waals surface area contributed by atoms with Gasteiger partial charge in [-0.25, -0.2) is 4.98 Å². The number of aromatic nitrogens is 1. The molecule has 0 saturated carbocycles. The van der Waals surface area contributed by atoms with Gasteiger partial charge in [0.25, 0.3) is 5.91 Å². The molecule has 22 heavy (non-hydrogen) atoms. The van der Waals surface area contributed by atoms with Crippen LogP contribution in [0.15, 0.2) is 34.7 Å². The maximum Gasteiger partial charge on any atom is 0.291 e. The van der Waals surface area contributed by atoms with Gasteiger partial charge in [0, 0.05) is 25.9 Å². The Labute approximate surface area is 131 Å². The summed E-state index contributed by atoms with van der Waals surface area (Å²) in [7, 11) is 0. The van der Waals surface area contributed by atoms with Crippen molar-refractivity contribution in [3.8, 4) is 0 Å². The van der Waals surface area contributed by atoms with E-state index < -0.39 is 0 Å². The Kier molecular flexibility index (Phi) is 3.55. The third-order valence-corrected chi connectivity index (χ3v) is 4.53.